The zero-order chi connectivity index (χ0) is 12.7. The number of thiophene rings is 1. The number of aromatic nitrogens is 2. The predicted molar refractivity (Wildman–Crippen MR) is 78.2 cm³/mol. The summed E-state index contributed by atoms with van der Waals surface area (Å²) in [7, 11) is 0. The Morgan fingerprint density at radius 2 is 2.17 bits per heavy atom. The first-order chi connectivity index (χ1) is 8.65. The summed E-state index contributed by atoms with van der Waals surface area (Å²) in [5.74, 6) is -0.273. The van der Waals surface area contributed by atoms with Crippen molar-refractivity contribution < 1.29 is 4.39 Å². The number of fused-ring (bicyclic) bond motifs is 1. The molecule has 0 bridgehead atoms. The van der Waals surface area contributed by atoms with Gasteiger partial charge in [0.15, 0.2) is 4.77 Å². The summed E-state index contributed by atoms with van der Waals surface area (Å²) in [5, 5.41) is 0. The molecule has 0 amide bonds. The van der Waals surface area contributed by atoms with Crippen LogP contribution in [0.25, 0.3) is 11.0 Å². The van der Waals surface area contributed by atoms with E-state index in [0.29, 0.717) is 16.8 Å². The number of H-pyrrole nitrogens is 1. The average molecular weight is 343 g/mol. The topological polar surface area (TPSA) is 20.7 Å². The second kappa shape index (κ2) is 4.60. The number of rotatable bonds is 2. The molecule has 1 aromatic carbocycles. The van der Waals surface area contributed by atoms with Gasteiger partial charge < -0.3 is 9.55 Å². The molecule has 2 heterocycles. The van der Waals surface area contributed by atoms with E-state index in [0.717, 1.165) is 9.30 Å². The largest absolute Gasteiger partial charge is 0.328 e. The molecule has 2 aromatic heterocycles. The molecule has 0 saturated heterocycles. The van der Waals surface area contributed by atoms with E-state index in [4.69, 9.17) is 12.2 Å². The van der Waals surface area contributed by atoms with Crippen molar-refractivity contribution in [3.63, 3.8) is 0 Å². The van der Waals surface area contributed by atoms with Crippen LogP contribution in [0.5, 0.6) is 0 Å². The van der Waals surface area contributed by atoms with Gasteiger partial charge in [-0.3, -0.25) is 0 Å². The number of nitrogens with zero attached hydrogens (tertiary/aromatic N) is 1. The van der Waals surface area contributed by atoms with Crippen molar-refractivity contribution in [3.05, 3.63) is 49.6 Å². The molecular formula is C12H8BrFN2S2. The minimum Gasteiger partial charge on any atom is -0.328 e. The molecule has 0 fully saturated rings. The van der Waals surface area contributed by atoms with Crippen LogP contribution in [0.15, 0.2) is 34.1 Å². The van der Waals surface area contributed by atoms with Gasteiger partial charge in [0, 0.05) is 4.88 Å². The van der Waals surface area contributed by atoms with Gasteiger partial charge >= 0.3 is 0 Å². The summed E-state index contributed by atoms with van der Waals surface area (Å²) in [6.07, 6.45) is 0. The van der Waals surface area contributed by atoms with Gasteiger partial charge in [0.1, 0.15) is 11.3 Å². The van der Waals surface area contributed by atoms with Gasteiger partial charge in [-0.25, -0.2) is 4.39 Å². The van der Waals surface area contributed by atoms with Gasteiger partial charge in [-0.15, -0.1) is 11.3 Å². The van der Waals surface area contributed by atoms with E-state index in [1.54, 1.807) is 17.4 Å². The van der Waals surface area contributed by atoms with Crippen LogP contribution < -0.4 is 0 Å². The maximum atomic E-state index is 13.6. The first-order valence-electron chi connectivity index (χ1n) is 5.26. The fourth-order valence-electron chi connectivity index (χ4n) is 1.89. The molecule has 3 aromatic rings. The summed E-state index contributed by atoms with van der Waals surface area (Å²) in [6.45, 7) is 0.651. The molecule has 18 heavy (non-hydrogen) atoms. The highest BCUT2D eigenvalue weighted by molar-refractivity contribution is 9.11. The summed E-state index contributed by atoms with van der Waals surface area (Å²) < 4.78 is 17.2. The van der Waals surface area contributed by atoms with Crippen molar-refractivity contribution >= 4 is 50.5 Å². The van der Waals surface area contributed by atoms with Crippen molar-refractivity contribution in [1.29, 1.82) is 0 Å². The Morgan fingerprint density at radius 1 is 1.33 bits per heavy atom. The third-order valence-corrected chi connectivity index (χ3v) is 4.63. The lowest BCUT2D eigenvalue weighted by molar-refractivity contribution is 0.637. The first-order valence-corrected chi connectivity index (χ1v) is 7.28. The van der Waals surface area contributed by atoms with Crippen LogP contribution in [0.3, 0.4) is 0 Å². The Kier molecular flexibility index (Phi) is 3.09. The molecule has 3 rings (SSSR count). The zero-order valence-electron chi connectivity index (χ0n) is 9.11. The molecule has 0 unspecified atom stereocenters. The highest BCUT2D eigenvalue weighted by Crippen LogP contribution is 2.25. The molecule has 0 atom stereocenters. The Morgan fingerprint density at radius 3 is 2.89 bits per heavy atom. The maximum Gasteiger partial charge on any atom is 0.178 e. The van der Waals surface area contributed by atoms with Gasteiger partial charge in [0.2, 0.25) is 0 Å². The van der Waals surface area contributed by atoms with E-state index in [-0.39, 0.29) is 5.82 Å². The fourth-order valence-corrected chi connectivity index (χ4v) is 3.63. The van der Waals surface area contributed by atoms with Gasteiger partial charge in [0.25, 0.3) is 0 Å². The van der Waals surface area contributed by atoms with Crippen molar-refractivity contribution in [1.82, 2.24) is 9.55 Å². The van der Waals surface area contributed by atoms with E-state index >= 15 is 0 Å². The number of halogens is 2. The van der Waals surface area contributed by atoms with Crippen molar-refractivity contribution in [2.24, 2.45) is 0 Å². The van der Waals surface area contributed by atoms with E-state index in [1.807, 2.05) is 22.8 Å². The van der Waals surface area contributed by atoms with Gasteiger partial charge in [0.05, 0.1) is 15.8 Å². The molecule has 0 aliphatic heterocycles. The molecule has 2 nitrogen and oxygen atoms in total. The monoisotopic (exact) mass is 342 g/mol. The molecule has 0 aliphatic rings. The normalized spacial score (nSPS) is 11.2. The molecule has 0 radical (unpaired) electrons. The molecule has 0 saturated carbocycles. The van der Waals surface area contributed by atoms with Gasteiger partial charge in [-0.1, -0.05) is 6.07 Å². The number of para-hydroxylation sites is 1. The SMILES string of the molecule is Fc1cccc2c1[nH]c(=S)n2Cc1ccc(Br)s1. The highest BCUT2D eigenvalue weighted by Gasteiger charge is 2.09. The van der Waals surface area contributed by atoms with Crippen LogP contribution in [-0.2, 0) is 6.54 Å². The quantitative estimate of drug-likeness (QED) is 0.669. The van der Waals surface area contributed by atoms with Gasteiger partial charge in [-0.2, -0.15) is 0 Å². The molecule has 92 valence electrons. The predicted octanol–water partition coefficient (Wildman–Crippen LogP) is 4.71. The van der Waals surface area contributed by atoms with Crippen LogP contribution in [-0.4, -0.2) is 9.55 Å². The van der Waals surface area contributed by atoms with Crippen molar-refractivity contribution in [2.45, 2.75) is 6.54 Å². The number of hydrogen-bond acceptors (Lipinski definition) is 2. The summed E-state index contributed by atoms with van der Waals surface area (Å²) in [5.41, 5.74) is 1.27. The van der Waals surface area contributed by atoms with Crippen LogP contribution in [0.2, 0.25) is 0 Å². The number of aromatic amines is 1. The Balaban J connectivity index is 2.14. The standard InChI is InChI=1S/C12H8BrFN2S2/c13-10-5-4-7(18-10)6-16-9-3-1-2-8(14)11(9)15-12(16)17/h1-5H,6H2,(H,15,17). The Hall–Kier alpha value is -0.980. The Bertz CT molecular complexity index is 772. The minimum atomic E-state index is -0.273. The van der Waals surface area contributed by atoms with E-state index in [2.05, 4.69) is 20.9 Å². The van der Waals surface area contributed by atoms with Crippen molar-refractivity contribution in [3.8, 4) is 0 Å². The van der Waals surface area contributed by atoms with E-state index in [9.17, 15) is 4.39 Å². The number of imidazole rings is 1. The van der Waals surface area contributed by atoms with Gasteiger partial charge in [-0.05, 0) is 52.4 Å². The molecule has 0 aliphatic carbocycles. The first kappa shape index (κ1) is 12.1. The van der Waals surface area contributed by atoms with Crippen LogP contribution in [0.1, 0.15) is 4.88 Å². The lowest BCUT2D eigenvalue weighted by atomic mass is 10.3. The molecule has 6 heteroatoms. The lowest BCUT2D eigenvalue weighted by Crippen LogP contribution is -1.97. The number of nitrogens with one attached hydrogen (secondary N) is 1. The second-order valence-electron chi connectivity index (χ2n) is 3.86. The molecule has 0 spiro atoms. The fraction of sp³-hybridized carbons (Fsp3) is 0.0833. The number of benzene rings is 1. The molecule has 1 N–H and O–H groups in total. The van der Waals surface area contributed by atoms with E-state index in [1.165, 1.54) is 10.9 Å². The second-order valence-corrected chi connectivity index (χ2v) is 6.79. The zero-order valence-corrected chi connectivity index (χ0v) is 12.3. The average Bonchev–Trinajstić information content (AvgIpc) is 2.87. The number of hydrogen-bond donors (Lipinski definition) is 1. The van der Waals surface area contributed by atoms with Crippen LogP contribution in [0, 0.1) is 10.6 Å². The van der Waals surface area contributed by atoms with Crippen molar-refractivity contribution in [2.75, 3.05) is 0 Å². The van der Waals surface area contributed by atoms with Crippen LogP contribution >= 0.6 is 39.5 Å². The minimum absolute atomic E-state index is 0.273. The Labute approximate surface area is 120 Å². The summed E-state index contributed by atoms with van der Waals surface area (Å²) >= 11 is 10.3. The maximum absolute atomic E-state index is 13.6. The lowest BCUT2D eigenvalue weighted by Gasteiger charge is -2.02. The molecular weight excluding hydrogens is 335 g/mol. The summed E-state index contributed by atoms with van der Waals surface area (Å²) in [4.78, 5) is 4.09. The smallest absolute Gasteiger partial charge is 0.178 e. The summed E-state index contributed by atoms with van der Waals surface area (Å²) in [6, 6.07) is 9.03. The van der Waals surface area contributed by atoms with Crippen LogP contribution in [0.4, 0.5) is 4.39 Å². The third-order valence-electron chi connectivity index (χ3n) is 2.70. The third kappa shape index (κ3) is 2.04. The highest BCUT2D eigenvalue weighted by atomic mass is 79.9. The van der Waals surface area contributed by atoms with E-state index < -0.39 is 0 Å².